The van der Waals surface area contributed by atoms with E-state index in [1.165, 1.54) is 29.7 Å². The number of hydrogen-bond donors (Lipinski definition) is 3. The molecule has 7 nitrogen and oxygen atoms in total. The van der Waals surface area contributed by atoms with Crippen molar-refractivity contribution in [3.63, 3.8) is 0 Å². The Balaban J connectivity index is 0.000000746. The van der Waals surface area contributed by atoms with E-state index in [0.29, 0.717) is 53.3 Å². The second kappa shape index (κ2) is 21.1. The maximum Gasteiger partial charge on any atom is 1.00 e. The molecule has 1 saturated heterocycles. The number of imidazole rings is 1. The number of ketones is 1. The molecule has 45 heavy (non-hydrogen) atoms. The molecule has 3 aromatic rings. The molecular formula is C28H30Cl2F4KN4O3S3+. The van der Waals surface area contributed by atoms with Gasteiger partial charge in [-0.05, 0) is 66.4 Å². The van der Waals surface area contributed by atoms with Crippen LogP contribution in [0.1, 0.15) is 52.5 Å². The first-order valence-electron chi connectivity index (χ1n) is 12.8. The fourth-order valence-electron chi connectivity index (χ4n) is 4.99. The average Bonchev–Trinajstić information content (AvgIpc) is 3.65. The Labute approximate surface area is 326 Å². The zero-order valence-electron chi connectivity index (χ0n) is 24.2. The quantitative estimate of drug-likeness (QED) is 0.0857. The summed E-state index contributed by atoms with van der Waals surface area (Å²) in [6, 6.07) is 6.56. The second-order valence-electron chi connectivity index (χ2n) is 9.66. The zero-order valence-corrected chi connectivity index (χ0v) is 31.5. The summed E-state index contributed by atoms with van der Waals surface area (Å²) >= 11 is 8.21. The first-order valence-corrected chi connectivity index (χ1v) is 15.2. The number of nitrogens with zero attached hydrogens (tertiary/aromatic N) is 2. The number of fused-ring (bicyclic) bond motifs is 1. The number of hydrogen-bond acceptors (Lipinski definition) is 7. The van der Waals surface area contributed by atoms with Crippen LogP contribution >= 0.6 is 49.7 Å². The van der Waals surface area contributed by atoms with Crippen LogP contribution in [0, 0.1) is 38.7 Å². The van der Waals surface area contributed by atoms with Crippen LogP contribution < -0.4 is 56.7 Å². The molecule has 4 atom stereocenters. The third kappa shape index (κ3) is 12.6. The van der Waals surface area contributed by atoms with E-state index >= 15 is 0 Å². The predicted octanol–water partition coefficient (Wildman–Crippen LogP) is 2.97. The number of thiocyanates is 1. The van der Waals surface area contributed by atoms with Crippen LogP contribution in [0.25, 0.3) is 0 Å². The van der Waals surface area contributed by atoms with E-state index < -0.39 is 34.1 Å². The molecule has 5 rings (SSSR count). The summed E-state index contributed by atoms with van der Waals surface area (Å²) in [6.07, 6.45) is 1.75. The summed E-state index contributed by atoms with van der Waals surface area (Å²) in [5, 5.41) is 11.7. The maximum absolute atomic E-state index is 13.2. The topological polar surface area (TPSA) is 108 Å². The van der Waals surface area contributed by atoms with Crippen LogP contribution in [0.3, 0.4) is 0 Å². The number of thiol groups is 1. The van der Waals surface area contributed by atoms with E-state index in [4.69, 9.17) is 17.5 Å². The number of carbonyl (C=O) groups excluding carboxylic acids is 2. The van der Waals surface area contributed by atoms with Gasteiger partial charge in [0.05, 0.1) is 11.8 Å². The van der Waals surface area contributed by atoms with Crippen molar-refractivity contribution in [2.45, 2.75) is 44.2 Å². The minimum absolute atomic E-state index is 0. The van der Waals surface area contributed by atoms with Crippen molar-refractivity contribution in [3.8, 4) is 5.40 Å². The number of halogens is 6. The molecule has 0 spiro atoms. The third-order valence-corrected chi connectivity index (χ3v) is 8.51. The van der Waals surface area contributed by atoms with E-state index in [-0.39, 0.29) is 106 Å². The number of aromatic nitrogens is 2. The van der Waals surface area contributed by atoms with Gasteiger partial charge in [0.2, 0.25) is 0 Å². The molecule has 0 bridgehead atoms. The molecule has 17 heteroatoms. The normalized spacial score (nSPS) is 18.1. The SMILES string of the molecule is CCS(=O)CC(=O)C1C[C@@H](c2cc(F)cc(F)c2)CN1.Cl.Cl.N#CS.O=Cc1[nH]c(=S)n2c1C[C@@H](c1cc(F)cc(F)c1)C2.[K+]. The molecule has 1 fully saturated rings. The van der Waals surface area contributed by atoms with Gasteiger partial charge in [0, 0.05) is 53.4 Å². The van der Waals surface area contributed by atoms with E-state index in [2.05, 4.69) is 22.9 Å². The summed E-state index contributed by atoms with van der Waals surface area (Å²) in [4.78, 5) is 25.7. The molecule has 3 heterocycles. The van der Waals surface area contributed by atoms with Crippen molar-refractivity contribution < 1.29 is 82.7 Å². The van der Waals surface area contributed by atoms with Crippen LogP contribution in [0.4, 0.5) is 17.6 Å². The Bertz CT molecular complexity index is 1550. The summed E-state index contributed by atoms with van der Waals surface area (Å²) in [5.41, 5.74) is 2.40. The maximum atomic E-state index is 13.2. The molecule has 240 valence electrons. The first kappa shape index (κ1) is 44.1. The number of nitriles is 1. The number of aromatic amines is 1. The molecule has 0 radical (unpaired) electrons. The number of nitrogens with one attached hydrogen (secondary N) is 2. The molecular weight excluding hydrogens is 723 g/mol. The number of benzene rings is 2. The smallest absolute Gasteiger partial charge is 0.328 e. The molecule has 2 unspecified atom stereocenters. The molecule has 2 aromatic carbocycles. The molecule has 2 aliphatic rings. The van der Waals surface area contributed by atoms with Crippen molar-refractivity contribution in [3.05, 3.63) is 87.0 Å². The largest absolute Gasteiger partial charge is 1.00 e. The van der Waals surface area contributed by atoms with Crippen LogP contribution in [0.5, 0.6) is 0 Å². The van der Waals surface area contributed by atoms with Crippen molar-refractivity contribution in [1.82, 2.24) is 14.9 Å². The van der Waals surface area contributed by atoms with Crippen molar-refractivity contribution >= 4 is 72.5 Å². The Morgan fingerprint density at radius 2 is 1.56 bits per heavy atom. The second-order valence-corrected chi connectivity index (χ2v) is 12.0. The van der Waals surface area contributed by atoms with Crippen molar-refractivity contribution in [1.29, 1.82) is 5.26 Å². The van der Waals surface area contributed by atoms with Gasteiger partial charge >= 0.3 is 51.4 Å². The van der Waals surface area contributed by atoms with Gasteiger partial charge in [0.1, 0.15) is 34.4 Å². The Morgan fingerprint density at radius 1 is 1.07 bits per heavy atom. The molecule has 0 saturated carbocycles. The van der Waals surface area contributed by atoms with E-state index in [1.54, 1.807) is 6.92 Å². The fraction of sp³-hybridized carbons (Fsp3) is 0.357. The standard InChI is InChI=1S/C14H17F2NO2S.C13H10F2N2OS.CHNS.2ClH.K/c1-2-20(19)8-14(18)13-5-10(7-17-13)9-3-11(15)6-12(16)4-9;14-9-1-7(2-10(15)4-9)8-3-12-11(6-18)16-13(19)17(12)5-8;2-1-3;;;/h3-4,6,10,13,17H,2,5,7-8H2,1H3;1-2,4,6,8H,3,5H2,(H,16,19);3H;2*1H;/q;;;;;+1/t10-,13?,20?;8-;;;;/m11..../s1. The molecule has 1 aromatic heterocycles. The average molecular weight is 753 g/mol. The van der Waals surface area contributed by atoms with Gasteiger partial charge in [-0.3, -0.25) is 13.8 Å². The number of aldehydes is 1. The summed E-state index contributed by atoms with van der Waals surface area (Å²) in [7, 11) is -1.13. The van der Waals surface area contributed by atoms with Gasteiger partial charge in [-0.1, -0.05) is 19.6 Å². The van der Waals surface area contributed by atoms with Crippen molar-refractivity contribution in [2.24, 2.45) is 0 Å². The fourth-order valence-corrected chi connectivity index (χ4v) is 6.01. The van der Waals surface area contributed by atoms with Gasteiger partial charge in [0.25, 0.3) is 0 Å². The zero-order chi connectivity index (χ0) is 31.0. The van der Waals surface area contributed by atoms with Crippen LogP contribution in [-0.2, 0) is 28.6 Å². The molecule has 2 N–H and O–H groups in total. The monoisotopic (exact) mass is 751 g/mol. The van der Waals surface area contributed by atoms with Crippen molar-refractivity contribution in [2.75, 3.05) is 18.1 Å². The van der Waals surface area contributed by atoms with Crippen LogP contribution in [0.2, 0.25) is 0 Å². The third-order valence-electron chi connectivity index (χ3n) is 6.94. The Kier molecular flexibility index (Phi) is 20.7. The van der Waals surface area contributed by atoms with E-state index in [0.717, 1.165) is 24.1 Å². The van der Waals surface area contributed by atoms with Crippen LogP contribution in [-0.4, -0.2) is 49.9 Å². The first-order chi connectivity index (χ1) is 20.0. The summed E-state index contributed by atoms with van der Waals surface area (Å²) in [6.45, 7) is 2.79. The van der Waals surface area contributed by atoms with Gasteiger partial charge < -0.3 is 14.9 Å². The summed E-state index contributed by atoms with van der Waals surface area (Å²) in [5.74, 6) is -2.15. The van der Waals surface area contributed by atoms with Gasteiger partial charge in [-0.25, -0.2) is 17.6 Å². The van der Waals surface area contributed by atoms with Gasteiger partial charge in [-0.15, -0.1) is 24.8 Å². The molecule has 0 aliphatic carbocycles. The van der Waals surface area contributed by atoms with Gasteiger partial charge in [0.15, 0.2) is 16.8 Å². The Morgan fingerprint density at radius 3 is 2.02 bits per heavy atom. The molecule has 0 amide bonds. The van der Waals surface area contributed by atoms with Gasteiger partial charge in [-0.2, -0.15) is 5.26 Å². The Hall–Kier alpha value is -0.904. The minimum atomic E-state index is -1.13. The number of carbonyl (C=O) groups is 2. The van der Waals surface area contributed by atoms with E-state index in [9.17, 15) is 31.4 Å². The molecule has 2 aliphatic heterocycles. The van der Waals surface area contributed by atoms with Crippen LogP contribution in [0.15, 0.2) is 36.4 Å². The number of rotatable bonds is 7. The number of Topliss-reactive ketones (excluding diaryl/α,β-unsaturated/α-hetero) is 1. The predicted molar refractivity (Wildman–Crippen MR) is 171 cm³/mol. The minimum Gasteiger partial charge on any atom is -0.328 e. The van der Waals surface area contributed by atoms with E-state index in [1.807, 2.05) is 4.57 Å². The number of H-pyrrole nitrogens is 1. The summed E-state index contributed by atoms with van der Waals surface area (Å²) < 4.78 is 66.5.